The van der Waals surface area contributed by atoms with Gasteiger partial charge in [-0.05, 0) is 12.5 Å². The zero-order valence-electron chi connectivity index (χ0n) is 6.11. The van der Waals surface area contributed by atoms with E-state index in [1.807, 2.05) is 6.92 Å². The molecule has 0 aliphatic heterocycles. The minimum absolute atomic E-state index is 0. The first kappa shape index (κ1) is 9.64. The molecule has 0 spiro atoms. The molecule has 1 aromatic rings. The molecule has 0 aromatic carbocycles. The van der Waals surface area contributed by atoms with Crippen molar-refractivity contribution in [2.75, 3.05) is 0 Å². The Morgan fingerprint density at radius 1 is 1.82 bits per heavy atom. The predicted molar refractivity (Wildman–Crippen MR) is 38.2 cm³/mol. The summed E-state index contributed by atoms with van der Waals surface area (Å²) >= 11 is 0. The van der Waals surface area contributed by atoms with E-state index < -0.39 is 5.97 Å². The van der Waals surface area contributed by atoms with Crippen LogP contribution in [0.25, 0.3) is 0 Å². The standard InChI is InChI=1S/C6H8N2O2.H2O/c1-5-2-7-8(3-5)4-6(9)10;/h2-3H,4H2,1H3,(H,9,10);1H2. The molecule has 0 saturated carbocycles. The Labute approximate surface area is 63.6 Å². The van der Waals surface area contributed by atoms with Crippen LogP contribution in [0.3, 0.4) is 0 Å². The number of nitrogens with zero attached hydrogens (tertiary/aromatic N) is 2. The zero-order chi connectivity index (χ0) is 7.56. The quantitative estimate of drug-likeness (QED) is 0.626. The Morgan fingerprint density at radius 3 is 2.82 bits per heavy atom. The molecule has 5 nitrogen and oxygen atoms in total. The molecule has 3 N–H and O–H groups in total. The van der Waals surface area contributed by atoms with Crippen LogP contribution < -0.4 is 0 Å². The van der Waals surface area contributed by atoms with Crippen LogP contribution in [0.4, 0.5) is 0 Å². The van der Waals surface area contributed by atoms with Crippen molar-refractivity contribution < 1.29 is 15.4 Å². The van der Waals surface area contributed by atoms with Crippen LogP contribution in [0.2, 0.25) is 0 Å². The van der Waals surface area contributed by atoms with E-state index in [-0.39, 0.29) is 12.0 Å². The van der Waals surface area contributed by atoms with Gasteiger partial charge in [-0.15, -0.1) is 0 Å². The number of hydrogen-bond acceptors (Lipinski definition) is 2. The van der Waals surface area contributed by atoms with Crippen molar-refractivity contribution >= 4 is 5.97 Å². The van der Waals surface area contributed by atoms with Crippen molar-refractivity contribution in [3.63, 3.8) is 0 Å². The molecule has 1 rings (SSSR count). The van der Waals surface area contributed by atoms with Gasteiger partial charge in [-0.3, -0.25) is 9.48 Å². The van der Waals surface area contributed by atoms with E-state index in [4.69, 9.17) is 5.11 Å². The highest BCUT2D eigenvalue weighted by atomic mass is 16.4. The van der Waals surface area contributed by atoms with Gasteiger partial charge in [-0.2, -0.15) is 5.10 Å². The lowest BCUT2D eigenvalue weighted by Gasteiger charge is -1.91. The zero-order valence-corrected chi connectivity index (χ0v) is 6.11. The third-order valence-electron chi connectivity index (χ3n) is 1.06. The van der Waals surface area contributed by atoms with E-state index >= 15 is 0 Å². The lowest BCUT2D eigenvalue weighted by molar-refractivity contribution is -0.137. The monoisotopic (exact) mass is 158 g/mol. The largest absolute Gasteiger partial charge is 0.480 e. The molecule has 0 atom stereocenters. The maximum absolute atomic E-state index is 10.1. The summed E-state index contributed by atoms with van der Waals surface area (Å²) < 4.78 is 1.39. The Kier molecular flexibility index (Phi) is 3.26. The summed E-state index contributed by atoms with van der Waals surface area (Å²) in [7, 11) is 0. The molecule has 0 radical (unpaired) electrons. The van der Waals surface area contributed by atoms with Crippen molar-refractivity contribution in [3.05, 3.63) is 18.0 Å². The van der Waals surface area contributed by atoms with Crippen LogP contribution in [0, 0.1) is 6.92 Å². The maximum Gasteiger partial charge on any atom is 0.325 e. The van der Waals surface area contributed by atoms with E-state index in [1.54, 1.807) is 12.4 Å². The van der Waals surface area contributed by atoms with E-state index in [0.717, 1.165) is 5.56 Å². The van der Waals surface area contributed by atoms with Crippen LogP contribution in [-0.2, 0) is 11.3 Å². The second kappa shape index (κ2) is 3.72. The molecule has 5 heteroatoms. The molecular formula is C6H10N2O3. The smallest absolute Gasteiger partial charge is 0.325 e. The van der Waals surface area contributed by atoms with Gasteiger partial charge < -0.3 is 10.6 Å². The molecule has 1 heterocycles. The highest BCUT2D eigenvalue weighted by Crippen LogP contribution is 1.92. The summed E-state index contributed by atoms with van der Waals surface area (Å²) in [6.07, 6.45) is 3.32. The Morgan fingerprint density at radius 2 is 2.45 bits per heavy atom. The molecule has 0 amide bonds. The molecule has 0 aliphatic carbocycles. The van der Waals surface area contributed by atoms with Gasteiger partial charge in [0.2, 0.25) is 0 Å². The predicted octanol–water partition coefficient (Wildman–Crippen LogP) is -0.549. The van der Waals surface area contributed by atoms with Crippen LogP contribution in [-0.4, -0.2) is 26.3 Å². The first-order valence-corrected chi connectivity index (χ1v) is 2.89. The number of hydrogen-bond donors (Lipinski definition) is 1. The third-order valence-corrected chi connectivity index (χ3v) is 1.06. The van der Waals surface area contributed by atoms with Gasteiger partial charge in [0.1, 0.15) is 6.54 Å². The fourth-order valence-corrected chi connectivity index (χ4v) is 0.692. The average molecular weight is 158 g/mol. The summed E-state index contributed by atoms with van der Waals surface area (Å²) in [4.78, 5) is 10.1. The number of aryl methyl sites for hydroxylation is 1. The third kappa shape index (κ3) is 2.81. The van der Waals surface area contributed by atoms with Gasteiger partial charge in [0.05, 0.1) is 6.20 Å². The lowest BCUT2D eigenvalue weighted by Crippen LogP contribution is -2.08. The first-order valence-electron chi connectivity index (χ1n) is 2.89. The van der Waals surface area contributed by atoms with Crippen molar-refractivity contribution in [3.8, 4) is 0 Å². The van der Waals surface area contributed by atoms with Gasteiger partial charge >= 0.3 is 5.97 Å². The molecule has 0 unspecified atom stereocenters. The number of carbonyl (C=O) groups is 1. The maximum atomic E-state index is 10.1. The van der Waals surface area contributed by atoms with Gasteiger partial charge in [0.15, 0.2) is 0 Å². The van der Waals surface area contributed by atoms with E-state index in [2.05, 4.69) is 5.10 Å². The van der Waals surface area contributed by atoms with E-state index in [9.17, 15) is 4.79 Å². The van der Waals surface area contributed by atoms with Gasteiger partial charge in [-0.1, -0.05) is 0 Å². The lowest BCUT2D eigenvalue weighted by atomic mass is 10.4. The molecule has 0 fully saturated rings. The number of rotatable bonds is 2. The van der Waals surface area contributed by atoms with E-state index in [0.29, 0.717) is 0 Å². The van der Waals surface area contributed by atoms with Crippen LogP contribution in [0.15, 0.2) is 12.4 Å². The molecule has 11 heavy (non-hydrogen) atoms. The normalized spacial score (nSPS) is 8.82. The number of carboxylic acid groups (broad SMARTS) is 1. The summed E-state index contributed by atoms with van der Waals surface area (Å²) in [6, 6.07) is 0. The van der Waals surface area contributed by atoms with Crippen molar-refractivity contribution in [2.24, 2.45) is 0 Å². The number of aromatic nitrogens is 2. The topological polar surface area (TPSA) is 86.6 Å². The van der Waals surface area contributed by atoms with Crippen LogP contribution in [0.1, 0.15) is 5.56 Å². The minimum atomic E-state index is -0.872. The van der Waals surface area contributed by atoms with Gasteiger partial charge in [0, 0.05) is 6.20 Å². The highest BCUT2D eigenvalue weighted by molar-refractivity contribution is 5.66. The molecular weight excluding hydrogens is 148 g/mol. The van der Waals surface area contributed by atoms with E-state index in [1.165, 1.54) is 4.68 Å². The fourth-order valence-electron chi connectivity index (χ4n) is 0.692. The Hall–Kier alpha value is -1.36. The molecule has 62 valence electrons. The second-order valence-corrected chi connectivity index (χ2v) is 2.11. The SMILES string of the molecule is Cc1cnn(CC(=O)O)c1.O. The Balaban J connectivity index is 0.000001000. The summed E-state index contributed by atoms with van der Waals surface area (Å²) in [5.74, 6) is -0.872. The summed E-state index contributed by atoms with van der Waals surface area (Å²) in [5, 5.41) is 12.1. The average Bonchev–Trinajstić information content (AvgIpc) is 2.13. The molecule has 1 aromatic heterocycles. The Bertz CT molecular complexity index is 244. The summed E-state index contributed by atoms with van der Waals surface area (Å²) in [5.41, 5.74) is 0.973. The molecule has 0 bridgehead atoms. The molecule has 0 aliphatic rings. The van der Waals surface area contributed by atoms with Crippen molar-refractivity contribution in [1.82, 2.24) is 9.78 Å². The summed E-state index contributed by atoms with van der Waals surface area (Å²) in [6.45, 7) is 1.80. The molecule has 0 saturated heterocycles. The second-order valence-electron chi connectivity index (χ2n) is 2.11. The minimum Gasteiger partial charge on any atom is -0.480 e. The highest BCUT2D eigenvalue weighted by Gasteiger charge is 1.98. The number of aliphatic carboxylic acids is 1. The fraction of sp³-hybridized carbons (Fsp3) is 0.333. The van der Waals surface area contributed by atoms with Gasteiger partial charge in [0.25, 0.3) is 0 Å². The van der Waals surface area contributed by atoms with Gasteiger partial charge in [-0.25, -0.2) is 0 Å². The van der Waals surface area contributed by atoms with Crippen molar-refractivity contribution in [1.29, 1.82) is 0 Å². The number of carboxylic acids is 1. The first-order chi connectivity index (χ1) is 4.68. The van der Waals surface area contributed by atoms with Crippen LogP contribution >= 0.6 is 0 Å². The van der Waals surface area contributed by atoms with Crippen molar-refractivity contribution in [2.45, 2.75) is 13.5 Å². The van der Waals surface area contributed by atoms with Crippen LogP contribution in [0.5, 0.6) is 0 Å².